The lowest BCUT2D eigenvalue weighted by Crippen LogP contribution is -2.45. The number of benzene rings is 1. The Hall–Kier alpha value is -1.75. The second-order valence-corrected chi connectivity index (χ2v) is 8.17. The Morgan fingerprint density at radius 2 is 1.92 bits per heavy atom. The molecule has 0 heterocycles. The normalized spacial score (nSPS) is 21.4. The lowest BCUT2D eigenvalue weighted by Gasteiger charge is -2.27. The maximum absolute atomic E-state index is 9.67. The number of nitrogens with one attached hydrogen (secondary N) is 2. The number of aliphatic imine (C=N–C) groups is 1. The van der Waals surface area contributed by atoms with Crippen LogP contribution in [0.15, 0.2) is 23.2 Å². The maximum Gasteiger partial charge on any atom is 0.191 e. The minimum Gasteiger partial charge on any atom is -0.488 e. The zero-order valence-corrected chi connectivity index (χ0v) is 16.9. The quantitative estimate of drug-likeness (QED) is 0.554. The smallest absolute Gasteiger partial charge is 0.191 e. The summed E-state index contributed by atoms with van der Waals surface area (Å²) in [5, 5.41) is 16.5. The van der Waals surface area contributed by atoms with Crippen LogP contribution in [-0.2, 0) is 6.54 Å². The Morgan fingerprint density at radius 1 is 1.23 bits per heavy atom. The summed E-state index contributed by atoms with van der Waals surface area (Å²) >= 11 is 0. The van der Waals surface area contributed by atoms with Crippen LogP contribution in [0.3, 0.4) is 0 Å². The fraction of sp³-hybridized carbons (Fsp3) is 0.667. The second kappa shape index (κ2) is 9.26. The summed E-state index contributed by atoms with van der Waals surface area (Å²) in [6.07, 6.45) is 3.54. The van der Waals surface area contributed by atoms with E-state index in [4.69, 9.17) is 9.73 Å². The molecule has 1 saturated carbocycles. The van der Waals surface area contributed by atoms with Gasteiger partial charge in [0.1, 0.15) is 11.4 Å². The van der Waals surface area contributed by atoms with E-state index >= 15 is 0 Å². The molecular formula is C21H35N3O2. The highest BCUT2D eigenvalue weighted by Gasteiger charge is 2.20. The summed E-state index contributed by atoms with van der Waals surface area (Å²) in [6.45, 7) is 11.7. The molecule has 0 bridgehead atoms. The average Bonchev–Trinajstić information content (AvgIpc) is 2.55. The number of hydrogen-bond acceptors (Lipinski definition) is 3. The van der Waals surface area contributed by atoms with Crippen molar-refractivity contribution in [2.45, 2.75) is 84.6 Å². The lowest BCUT2D eigenvalue weighted by molar-refractivity contribution is 0.120. The Balaban J connectivity index is 2.08. The Morgan fingerprint density at radius 3 is 2.54 bits per heavy atom. The molecule has 0 unspecified atom stereocenters. The summed E-state index contributed by atoms with van der Waals surface area (Å²) < 4.78 is 6.13. The standard InChI is InChI=1S/C21H35N3O2/c1-6-22-20(24-17-9-11-18(25)12-10-17)23-14-16-8-7-15(2)13-19(16)26-21(3,4)5/h7-8,13,17-18,25H,6,9-12,14H2,1-5H3,(H2,22,23,24). The van der Waals surface area contributed by atoms with Gasteiger partial charge in [0, 0.05) is 18.2 Å². The maximum atomic E-state index is 9.67. The molecule has 1 aliphatic rings. The van der Waals surface area contributed by atoms with Crippen LogP contribution in [0.25, 0.3) is 0 Å². The third kappa shape index (κ3) is 6.87. The van der Waals surface area contributed by atoms with Gasteiger partial charge < -0.3 is 20.5 Å². The summed E-state index contributed by atoms with van der Waals surface area (Å²) in [4.78, 5) is 4.77. The fourth-order valence-electron chi connectivity index (χ4n) is 3.12. The van der Waals surface area contributed by atoms with Crippen molar-refractivity contribution in [3.63, 3.8) is 0 Å². The lowest BCUT2D eigenvalue weighted by atomic mass is 9.93. The first-order valence-electron chi connectivity index (χ1n) is 9.78. The minimum atomic E-state index is -0.238. The van der Waals surface area contributed by atoms with Crippen LogP contribution in [-0.4, -0.2) is 35.4 Å². The number of aliphatic hydroxyl groups is 1. The molecule has 0 aromatic heterocycles. The van der Waals surface area contributed by atoms with Crippen LogP contribution in [0, 0.1) is 6.92 Å². The van der Waals surface area contributed by atoms with Crippen molar-refractivity contribution in [2.75, 3.05) is 6.54 Å². The summed E-state index contributed by atoms with van der Waals surface area (Å²) in [7, 11) is 0. The number of aliphatic hydroxyl groups excluding tert-OH is 1. The number of hydrogen-bond donors (Lipinski definition) is 3. The molecule has 5 nitrogen and oxygen atoms in total. The fourth-order valence-corrected chi connectivity index (χ4v) is 3.12. The first-order valence-corrected chi connectivity index (χ1v) is 9.78. The third-order valence-electron chi connectivity index (χ3n) is 4.43. The molecule has 1 aromatic rings. The van der Waals surface area contributed by atoms with Gasteiger partial charge in [0.2, 0.25) is 0 Å². The van der Waals surface area contributed by atoms with Crippen molar-refractivity contribution in [3.8, 4) is 5.75 Å². The highest BCUT2D eigenvalue weighted by Crippen LogP contribution is 2.25. The topological polar surface area (TPSA) is 65.9 Å². The first kappa shape index (κ1) is 20.6. The second-order valence-electron chi connectivity index (χ2n) is 8.17. The van der Waals surface area contributed by atoms with E-state index in [0.29, 0.717) is 12.6 Å². The molecule has 0 amide bonds. The molecule has 0 atom stereocenters. The van der Waals surface area contributed by atoms with Crippen molar-refractivity contribution < 1.29 is 9.84 Å². The molecule has 1 fully saturated rings. The predicted molar refractivity (Wildman–Crippen MR) is 108 cm³/mol. The SMILES string of the molecule is CCNC(=NCc1ccc(C)cc1OC(C)(C)C)NC1CCC(O)CC1. The van der Waals surface area contributed by atoms with Crippen LogP contribution in [0.5, 0.6) is 5.75 Å². The van der Waals surface area contributed by atoms with E-state index in [-0.39, 0.29) is 11.7 Å². The van der Waals surface area contributed by atoms with Crippen LogP contribution in [0.2, 0.25) is 0 Å². The van der Waals surface area contributed by atoms with Gasteiger partial charge in [-0.1, -0.05) is 12.1 Å². The highest BCUT2D eigenvalue weighted by atomic mass is 16.5. The molecule has 0 saturated heterocycles. The van der Waals surface area contributed by atoms with Crippen LogP contribution < -0.4 is 15.4 Å². The van der Waals surface area contributed by atoms with E-state index < -0.39 is 0 Å². The number of rotatable bonds is 5. The molecule has 0 aliphatic heterocycles. The van der Waals surface area contributed by atoms with Crippen LogP contribution in [0.1, 0.15) is 64.5 Å². The Bertz CT molecular complexity index is 600. The van der Waals surface area contributed by atoms with E-state index in [1.54, 1.807) is 0 Å². The molecule has 2 rings (SSSR count). The van der Waals surface area contributed by atoms with Crippen molar-refractivity contribution in [3.05, 3.63) is 29.3 Å². The highest BCUT2D eigenvalue weighted by molar-refractivity contribution is 5.80. The Labute approximate surface area is 158 Å². The van der Waals surface area contributed by atoms with Gasteiger partial charge in [-0.25, -0.2) is 4.99 Å². The van der Waals surface area contributed by atoms with E-state index in [1.165, 1.54) is 5.56 Å². The third-order valence-corrected chi connectivity index (χ3v) is 4.43. The van der Waals surface area contributed by atoms with Crippen molar-refractivity contribution in [1.82, 2.24) is 10.6 Å². The van der Waals surface area contributed by atoms with Crippen molar-refractivity contribution in [1.29, 1.82) is 0 Å². The molecular weight excluding hydrogens is 326 g/mol. The van der Waals surface area contributed by atoms with E-state index in [9.17, 15) is 5.11 Å². The molecule has 1 aromatic carbocycles. The number of ether oxygens (including phenoxy) is 1. The molecule has 1 aliphatic carbocycles. The van der Waals surface area contributed by atoms with Gasteiger partial charge in [-0.2, -0.15) is 0 Å². The molecule has 26 heavy (non-hydrogen) atoms. The average molecular weight is 362 g/mol. The van der Waals surface area contributed by atoms with E-state index in [1.807, 2.05) is 0 Å². The zero-order chi connectivity index (χ0) is 19.2. The summed E-state index contributed by atoms with van der Waals surface area (Å²) in [5.41, 5.74) is 2.03. The molecule has 3 N–H and O–H groups in total. The van der Waals surface area contributed by atoms with Gasteiger partial charge in [0.15, 0.2) is 5.96 Å². The predicted octanol–water partition coefficient (Wildman–Crippen LogP) is 3.53. The van der Waals surface area contributed by atoms with Gasteiger partial charge in [0.25, 0.3) is 0 Å². The van der Waals surface area contributed by atoms with Crippen LogP contribution in [0.4, 0.5) is 0 Å². The van der Waals surface area contributed by atoms with Crippen molar-refractivity contribution in [2.24, 2.45) is 4.99 Å². The monoisotopic (exact) mass is 361 g/mol. The van der Waals surface area contributed by atoms with E-state index in [2.05, 4.69) is 63.5 Å². The largest absolute Gasteiger partial charge is 0.488 e. The molecule has 5 heteroatoms. The van der Waals surface area contributed by atoms with Gasteiger partial charge in [-0.05, 0) is 71.9 Å². The number of guanidine groups is 1. The molecule has 0 radical (unpaired) electrons. The Kier molecular flexibility index (Phi) is 7.33. The zero-order valence-electron chi connectivity index (χ0n) is 16.9. The summed E-state index contributed by atoms with van der Waals surface area (Å²) in [5.74, 6) is 1.73. The first-order chi connectivity index (χ1) is 12.3. The molecule has 0 spiro atoms. The van der Waals surface area contributed by atoms with Crippen molar-refractivity contribution >= 4 is 5.96 Å². The van der Waals surface area contributed by atoms with Gasteiger partial charge >= 0.3 is 0 Å². The number of aryl methyl sites for hydroxylation is 1. The minimum absolute atomic E-state index is 0.141. The van der Waals surface area contributed by atoms with Gasteiger partial charge in [-0.3, -0.25) is 0 Å². The van der Waals surface area contributed by atoms with Crippen LogP contribution >= 0.6 is 0 Å². The van der Waals surface area contributed by atoms with E-state index in [0.717, 1.165) is 49.5 Å². The molecule has 146 valence electrons. The number of nitrogens with zero attached hydrogens (tertiary/aromatic N) is 1. The van der Waals surface area contributed by atoms with Gasteiger partial charge in [-0.15, -0.1) is 0 Å². The summed E-state index contributed by atoms with van der Waals surface area (Å²) in [6, 6.07) is 6.65. The van der Waals surface area contributed by atoms with Gasteiger partial charge in [0.05, 0.1) is 12.6 Å².